The largest absolute Gasteiger partial charge is 0.367 e. The number of rotatable bonds is 4. The fourth-order valence-corrected chi connectivity index (χ4v) is 2.60. The average Bonchev–Trinajstić information content (AvgIpc) is 2.64. The molecular weight excluding hydrogens is 192 g/mol. The summed E-state index contributed by atoms with van der Waals surface area (Å²) in [6, 6.07) is 0. The van der Waals surface area contributed by atoms with Crippen molar-refractivity contribution in [3.63, 3.8) is 0 Å². The number of fused-ring (bicyclic) bond motifs is 2. The van der Waals surface area contributed by atoms with Gasteiger partial charge in [-0.1, -0.05) is 19.8 Å². The molecule has 0 aromatic heterocycles. The van der Waals surface area contributed by atoms with Crippen LogP contribution in [0.2, 0.25) is 0 Å². The first kappa shape index (κ1) is 11.4. The Bertz CT molecular complexity index is 231. The van der Waals surface area contributed by atoms with E-state index in [1.54, 1.807) is 7.11 Å². The van der Waals surface area contributed by atoms with Crippen LogP contribution in [0, 0.1) is 0 Å². The van der Waals surface area contributed by atoms with E-state index in [1.807, 2.05) is 0 Å². The summed E-state index contributed by atoms with van der Waals surface area (Å²) >= 11 is 0. The molecule has 2 aliphatic heterocycles. The van der Waals surface area contributed by atoms with Crippen LogP contribution in [0.25, 0.3) is 0 Å². The molecule has 2 aliphatic rings. The van der Waals surface area contributed by atoms with Crippen LogP contribution in [0.1, 0.15) is 46.0 Å². The van der Waals surface area contributed by atoms with Crippen LogP contribution in [-0.2, 0) is 14.2 Å². The normalized spacial score (nSPS) is 44.6. The average molecular weight is 214 g/mol. The van der Waals surface area contributed by atoms with Crippen molar-refractivity contribution < 1.29 is 14.2 Å². The molecule has 2 rings (SSSR count). The zero-order valence-electron chi connectivity index (χ0n) is 10.0. The highest BCUT2D eigenvalue weighted by Gasteiger charge is 2.53. The van der Waals surface area contributed by atoms with E-state index in [9.17, 15) is 0 Å². The third kappa shape index (κ3) is 1.93. The van der Waals surface area contributed by atoms with Crippen molar-refractivity contribution in [1.82, 2.24) is 0 Å². The predicted octanol–water partition coefficient (Wildman–Crippen LogP) is 2.49. The van der Waals surface area contributed by atoms with Crippen molar-refractivity contribution in [3.8, 4) is 0 Å². The van der Waals surface area contributed by atoms with Gasteiger partial charge in [-0.05, 0) is 19.8 Å². The first-order valence-corrected chi connectivity index (χ1v) is 6.01. The molecule has 0 aromatic rings. The lowest BCUT2D eigenvalue weighted by atomic mass is 9.91. The van der Waals surface area contributed by atoms with E-state index >= 15 is 0 Å². The molecule has 0 aromatic carbocycles. The zero-order chi connectivity index (χ0) is 10.9. The lowest BCUT2D eigenvalue weighted by Gasteiger charge is -2.43. The monoisotopic (exact) mass is 214 g/mol. The van der Waals surface area contributed by atoms with Crippen molar-refractivity contribution in [2.75, 3.05) is 13.7 Å². The fourth-order valence-electron chi connectivity index (χ4n) is 2.60. The highest BCUT2D eigenvalue weighted by Crippen LogP contribution is 2.44. The molecule has 88 valence electrons. The van der Waals surface area contributed by atoms with Crippen LogP contribution in [0.3, 0.4) is 0 Å². The molecule has 3 nitrogen and oxygen atoms in total. The maximum atomic E-state index is 6.00. The summed E-state index contributed by atoms with van der Waals surface area (Å²) in [5, 5.41) is 0. The summed E-state index contributed by atoms with van der Waals surface area (Å²) < 4.78 is 17.4. The maximum Gasteiger partial charge on any atom is 0.192 e. The Morgan fingerprint density at radius 1 is 1.47 bits per heavy atom. The molecule has 0 radical (unpaired) electrons. The van der Waals surface area contributed by atoms with Gasteiger partial charge in [0.1, 0.15) is 6.61 Å². The van der Waals surface area contributed by atoms with Gasteiger partial charge in [0.2, 0.25) is 0 Å². The van der Waals surface area contributed by atoms with Crippen molar-refractivity contribution >= 4 is 0 Å². The Hall–Kier alpha value is -0.120. The number of ether oxygens (including phenoxy) is 3. The van der Waals surface area contributed by atoms with E-state index in [0.29, 0.717) is 6.61 Å². The molecule has 0 N–H and O–H groups in total. The summed E-state index contributed by atoms with van der Waals surface area (Å²) in [5.74, 6) is -0.434. The highest BCUT2D eigenvalue weighted by atomic mass is 16.7. The molecule has 0 amide bonds. The minimum absolute atomic E-state index is 0.0887. The summed E-state index contributed by atoms with van der Waals surface area (Å²) in [6.07, 6.45) is 5.76. The molecule has 3 atom stereocenters. The van der Waals surface area contributed by atoms with Gasteiger partial charge in [-0.2, -0.15) is 0 Å². The highest BCUT2D eigenvalue weighted by molar-refractivity contribution is 4.97. The summed E-state index contributed by atoms with van der Waals surface area (Å²) in [5.41, 5.74) is -0.0887. The summed E-state index contributed by atoms with van der Waals surface area (Å²) in [4.78, 5) is 0. The van der Waals surface area contributed by atoms with Crippen LogP contribution in [0.5, 0.6) is 0 Å². The third-order valence-corrected chi connectivity index (χ3v) is 3.85. The lowest BCUT2D eigenvalue weighted by Crippen LogP contribution is -2.53. The van der Waals surface area contributed by atoms with E-state index in [4.69, 9.17) is 14.2 Å². The van der Waals surface area contributed by atoms with Crippen LogP contribution in [0.4, 0.5) is 0 Å². The minimum Gasteiger partial charge on any atom is -0.367 e. The molecule has 0 aliphatic carbocycles. The van der Waals surface area contributed by atoms with E-state index in [0.717, 1.165) is 19.3 Å². The second-order valence-electron chi connectivity index (χ2n) is 4.96. The van der Waals surface area contributed by atoms with Gasteiger partial charge in [0.25, 0.3) is 0 Å². The Morgan fingerprint density at radius 2 is 2.27 bits per heavy atom. The fraction of sp³-hybridized carbons (Fsp3) is 1.00. The maximum absolute atomic E-state index is 6.00. The lowest BCUT2D eigenvalue weighted by molar-refractivity contribution is -0.320. The van der Waals surface area contributed by atoms with Gasteiger partial charge in [-0.15, -0.1) is 0 Å². The number of methoxy groups -OCH3 is 1. The van der Waals surface area contributed by atoms with Gasteiger partial charge in [-0.3, -0.25) is 0 Å². The van der Waals surface area contributed by atoms with E-state index < -0.39 is 5.79 Å². The molecule has 0 saturated carbocycles. The SMILES string of the molecule is CCCCC1(C)OCC2(OC)CCC1O2. The van der Waals surface area contributed by atoms with Crippen LogP contribution in [-0.4, -0.2) is 31.2 Å². The molecule has 2 bridgehead atoms. The van der Waals surface area contributed by atoms with E-state index in [1.165, 1.54) is 12.8 Å². The first-order valence-electron chi connectivity index (χ1n) is 6.01. The standard InChI is InChI=1S/C12H22O3/c1-4-5-7-11(2)10-6-8-12(13-3,15-10)9-14-11/h10H,4-9H2,1-3H3. The van der Waals surface area contributed by atoms with Crippen molar-refractivity contribution in [2.45, 2.75) is 63.4 Å². The van der Waals surface area contributed by atoms with Crippen LogP contribution in [0.15, 0.2) is 0 Å². The summed E-state index contributed by atoms with van der Waals surface area (Å²) in [7, 11) is 1.71. The van der Waals surface area contributed by atoms with Crippen molar-refractivity contribution in [1.29, 1.82) is 0 Å². The van der Waals surface area contributed by atoms with E-state index in [-0.39, 0.29) is 11.7 Å². The summed E-state index contributed by atoms with van der Waals surface area (Å²) in [6.45, 7) is 4.97. The Kier molecular flexibility index (Phi) is 3.06. The number of unbranched alkanes of at least 4 members (excludes halogenated alkanes) is 1. The number of hydrogen-bond acceptors (Lipinski definition) is 3. The van der Waals surface area contributed by atoms with Gasteiger partial charge in [0.05, 0.1) is 11.7 Å². The molecule has 2 saturated heterocycles. The minimum atomic E-state index is -0.434. The Labute approximate surface area is 92.1 Å². The van der Waals surface area contributed by atoms with Gasteiger partial charge in [0.15, 0.2) is 5.79 Å². The van der Waals surface area contributed by atoms with Gasteiger partial charge in [-0.25, -0.2) is 0 Å². The molecular formula is C12H22O3. The third-order valence-electron chi connectivity index (χ3n) is 3.85. The quantitative estimate of drug-likeness (QED) is 0.719. The Morgan fingerprint density at radius 3 is 2.93 bits per heavy atom. The van der Waals surface area contributed by atoms with Crippen molar-refractivity contribution in [3.05, 3.63) is 0 Å². The number of hydrogen-bond donors (Lipinski definition) is 0. The smallest absolute Gasteiger partial charge is 0.192 e. The van der Waals surface area contributed by atoms with Crippen LogP contribution < -0.4 is 0 Å². The van der Waals surface area contributed by atoms with Crippen molar-refractivity contribution in [2.24, 2.45) is 0 Å². The molecule has 2 fully saturated rings. The molecule has 15 heavy (non-hydrogen) atoms. The molecule has 2 heterocycles. The predicted molar refractivity (Wildman–Crippen MR) is 57.7 cm³/mol. The Balaban J connectivity index is 2.01. The first-order chi connectivity index (χ1) is 7.14. The van der Waals surface area contributed by atoms with Gasteiger partial charge >= 0.3 is 0 Å². The van der Waals surface area contributed by atoms with E-state index in [2.05, 4.69) is 13.8 Å². The molecule has 3 unspecified atom stereocenters. The van der Waals surface area contributed by atoms with Crippen LogP contribution >= 0.6 is 0 Å². The second-order valence-corrected chi connectivity index (χ2v) is 4.96. The molecule has 0 spiro atoms. The second kappa shape index (κ2) is 4.04. The topological polar surface area (TPSA) is 27.7 Å². The zero-order valence-corrected chi connectivity index (χ0v) is 10.0. The van der Waals surface area contributed by atoms with Gasteiger partial charge in [0, 0.05) is 13.5 Å². The molecule has 3 heteroatoms. The van der Waals surface area contributed by atoms with Gasteiger partial charge < -0.3 is 14.2 Å².